The third kappa shape index (κ3) is 4.14. The Hall–Kier alpha value is -0.800. The Morgan fingerprint density at radius 3 is 2.50 bits per heavy atom. The molecule has 0 fully saturated rings. The van der Waals surface area contributed by atoms with Crippen LogP contribution in [0.2, 0.25) is 0 Å². The summed E-state index contributed by atoms with van der Waals surface area (Å²) in [6.07, 6.45) is 2.41. The van der Waals surface area contributed by atoms with E-state index in [1.807, 2.05) is 0 Å². The van der Waals surface area contributed by atoms with E-state index >= 15 is 0 Å². The standard InChI is InChI=1S/C15H28N2O/c1-6-14(7-2)17(5)11-13-9-15(10-16-8-3)18-12(13)4/h9,14,16H,6-8,10-11H2,1-5H3. The highest BCUT2D eigenvalue weighted by atomic mass is 16.3. The maximum absolute atomic E-state index is 5.78. The van der Waals surface area contributed by atoms with Gasteiger partial charge < -0.3 is 9.73 Å². The molecule has 1 aromatic heterocycles. The fourth-order valence-corrected chi connectivity index (χ4v) is 2.39. The fourth-order valence-electron chi connectivity index (χ4n) is 2.39. The van der Waals surface area contributed by atoms with Crippen molar-refractivity contribution >= 4 is 0 Å². The van der Waals surface area contributed by atoms with Gasteiger partial charge in [0.05, 0.1) is 6.54 Å². The van der Waals surface area contributed by atoms with Crippen molar-refractivity contribution in [1.82, 2.24) is 10.2 Å². The lowest BCUT2D eigenvalue weighted by Gasteiger charge is -2.25. The second-order valence-corrected chi connectivity index (χ2v) is 4.96. The van der Waals surface area contributed by atoms with Crippen LogP contribution in [-0.2, 0) is 13.1 Å². The molecule has 0 radical (unpaired) electrons. The van der Waals surface area contributed by atoms with Crippen molar-refractivity contribution in [2.45, 2.75) is 59.7 Å². The highest BCUT2D eigenvalue weighted by molar-refractivity contribution is 5.20. The molecule has 18 heavy (non-hydrogen) atoms. The van der Waals surface area contributed by atoms with Gasteiger partial charge in [0, 0.05) is 18.2 Å². The number of rotatable bonds is 8. The van der Waals surface area contributed by atoms with Crippen LogP contribution in [-0.4, -0.2) is 24.5 Å². The lowest BCUT2D eigenvalue weighted by atomic mass is 10.1. The Bertz CT molecular complexity index is 342. The first-order chi connectivity index (χ1) is 8.62. The van der Waals surface area contributed by atoms with Gasteiger partial charge in [-0.05, 0) is 39.4 Å². The molecule has 0 atom stereocenters. The zero-order valence-corrected chi connectivity index (χ0v) is 12.5. The topological polar surface area (TPSA) is 28.4 Å². The quantitative estimate of drug-likeness (QED) is 0.769. The van der Waals surface area contributed by atoms with Crippen LogP contribution in [0.1, 0.15) is 50.7 Å². The van der Waals surface area contributed by atoms with E-state index in [0.717, 1.165) is 31.2 Å². The van der Waals surface area contributed by atoms with E-state index in [0.29, 0.717) is 6.04 Å². The summed E-state index contributed by atoms with van der Waals surface area (Å²) in [5, 5.41) is 3.30. The first-order valence-electron chi connectivity index (χ1n) is 7.11. The number of hydrogen-bond donors (Lipinski definition) is 1. The third-order valence-corrected chi connectivity index (χ3v) is 3.61. The maximum atomic E-state index is 5.78. The molecule has 1 N–H and O–H groups in total. The second-order valence-electron chi connectivity index (χ2n) is 4.96. The van der Waals surface area contributed by atoms with Crippen molar-refractivity contribution in [3.05, 3.63) is 23.2 Å². The van der Waals surface area contributed by atoms with Gasteiger partial charge in [0.1, 0.15) is 11.5 Å². The van der Waals surface area contributed by atoms with E-state index in [1.165, 1.54) is 18.4 Å². The minimum atomic E-state index is 0.663. The molecule has 3 heteroatoms. The second kappa shape index (κ2) is 7.59. The molecule has 0 spiro atoms. The van der Waals surface area contributed by atoms with Crippen LogP contribution in [0.25, 0.3) is 0 Å². The molecule has 0 aliphatic rings. The summed E-state index contributed by atoms with van der Waals surface area (Å²) < 4.78 is 5.78. The van der Waals surface area contributed by atoms with Gasteiger partial charge in [0.2, 0.25) is 0 Å². The van der Waals surface area contributed by atoms with Crippen LogP contribution in [0.3, 0.4) is 0 Å². The molecule has 0 saturated carbocycles. The van der Waals surface area contributed by atoms with E-state index < -0.39 is 0 Å². The van der Waals surface area contributed by atoms with Gasteiger partial charge in [0.15, 0.2) is 0 Å². The molecule has 0 aliphatic carbocycles. The monoisotopic (exact) mass is 252 g/mol. The number of furan rings is 1. The van der Waals surface area contributed by atoms with E-state index in [2.05, 4.69) is 51.0 Å². The van der Waals surface area contributed by atoms with E-state index in [9.17, 15) is 0 Å². The summed E-state index contributed by atoms with van der Waals surface area (Å²) in [5.74, 6) is 2.10. The zero-order valence-electron chi connectivity index (χ0n) is 12.5. The predicted molar refractivity (Wildman–Crippen MR) is 76.7 cm³/mol. The smallest absolute Gasteiger partial charge is 0.118 e. The average Bonchev–Trinajstić information content (AvgIpc) is 2.69. The summed E-state index contributed by atoms with van der Waals surface area (Å²) in [5.41, 5.74) is 1.32. The Morgan fingerprint density at radius 2 is 1.94 bits per heavy atom. The maximum Gasteiger partial charge on any atom is 0.118 e. The van der Waals surface area contributed by atoms with Crippen molar-refractivity contribution < 1.29 is 4.42 Å². The Kier molecular flexibility index (Phi) is 6.44. The summed E-state index contributed by atoms with van der Waals surface area (Å²) in [7, 11) is 2.20. The molecular formula is C15H28N2O. The lowest BCUT2D eigenvalue weighted by molar-refractivity contribution is 0.220. The Labute approximate surface area is 112 Å². The van der Waals surface area contributed by atoms with Crippen molar-refractivity contribution in [2.24, 2.45) is 0 Å². The summed E-state index contributed by atoms with van der Waals surface area (Å²) in [6, 6.07) is 2.85. The van der Waals surface area contributed by atoms with Crippen LogP contribution in [0.5, 0.6) is 0 Å². The van der Waals surface area contributed by atoms with Gasteiger partial charge >= 0.3 is 0 Å². The molecule has 0 amide bonds. The number of nitrogens with one attached hydrogen (secondary N) is 1. The molecular weight excluding hydrogens is 224 g/mol. The molecule has 0 bridgehead atoms. The summed E-state index contributed by atoms with van der Waals surface area (Å²) >= 11 is 0. The number of nitrogens with zero attached hydrogens (tertiary/aromatic N) is 1. The Balaban J connectivity index is 2.63. The van der Waals surface area contributed by atoms with Gasteiger partial charge in [-0.1, -0.05) is 20.8 Å². The van der Waals surface area contributed by atoms with Crippen LogP contribution in [0.15, 0.2) is 10.5 Å². The molecule has 0 saturated heterocycles. The van der Waals surface area contributed by atoms with Crippen molar-refractivity contribution in [3.63, 3.8) is 0 Å². The van der Waals surface area contributed by atoms with Gasteiger partial charge in [-0.3, -0.25) is 4.90 Å². The molecule has 0 aromatic carbocycles. The van der Waals surface area contributed by atoms with E-state index in [4.69, 9.17) is 4.42 Å². The van der Waals surface area contributed by atoms with Gasteiger partial charge in [0.25, 0.3) is 0 Å². The first-order valence-corrected chi connectivity index (χ1v) is 7.11. The van der Waals surface area contributed by atoms with Crippen LogP contribution >= 0.6 is 0 Å². The molecule has 0 aliphatic heterocycles. The number of aryl methyl sites for hydroxylation is 1. The summed E-state index contributed by atoms with van der Waals surface area (Å²) in [6.45, 7) is 11.5. The third-order valence-electron chi connectivity index (χ3n) is 3.61. The van der Waals surface area contributed by atoms with Gasteiger partial charge in [-0.2, -0.15) is 0 Å². The van der Waals surface area contributed by atoms with Crippen molar-refractivity contribution in [1.29, 1.82) is 0 Å². The van der Waals surface area contributed by atoms with Crippen LogP contribution in [0.4, 0.5) is 0 Å². The predicted octanol–water partition coefficient (Wildman–Crippen LogP) is 3.32. The van der Waals surface area contributed by atoms with E-state index in [-0.39, 0.29) is 0 Å². The highest BCUT2D eigenvalue weighted by Gasteiger charge is 2.14. The molecule has 104 valence electrons. The Morgan fingerprint density at radius 1 is 1.28 bits per heavy atom. The molecule has 0 unspecified atom stereocenters. The normalized spacial score (nSPS) is 11.7. The molecule has 1 rings (SSSR count). The van der Waals surface area contributed by atoms with E-state index in [1.54, 1.807) is 0 Å². The minimum Gasteiger partial charge on any atom is -0.465 e. The van der Waals surface area contributed by atoms with Crippen molar-refractivity contribution in [2.75, 3.05) is 13.6 Å². The zero-order chi connectivity index (χ0) is 13.5. The van der Waals surface area contributed by atoms with Gasteiger partial charge in [-0.25, -0.2) is 0 Å². The van der Waals surface area contributed by atoms with Crippen molar-refractivity contribution in [3.8, 4) is 0 Å². The molecule has 3 nitrogen and oxygen atoms in total. The first kappa shape index (κ1) is 15.3. The SMILES string of the molecule is CCNCc1cc(CN(C)C(CC)CC)c(C)o1. The molecule has 1 aromatic rings. The fraction of sp³-hybridized carbons (Fsp3) is 0.733. The van der Waals surface area contributed by atoms with Crippen LogP contribution in [0, 0.1) is 6.92 Å². The average molecular weight is 252 g/mol. The lowest BCUT2D eigenvalue weighted by Crippen LogP contribution is -2.30. The molecule has 1 heterocycles. The van der Waals surface area contributed by atoms with Gasteiger partial charge in [-0.15, -0.1) is 0 Å². The van der Waals surface area contributed by atoms with Crippen LogP contribution < -0.4 is 5.32 Å². The summed E-state index contributed by atoms with van der Waals surface area (Å²) in [4.78, 5) is 2.43. The minimum absolute atomic E-state index is 0.663. The highest BCUT2D eigenvalue weighted by Crippen LogP contribution is 2.18. The largest absolute Gasteiger partial charge is 0.465 e. The number of hydrogen-bond acceptors (Lipinski definition) is 3.